The molecule has 0 unspecified atom stereocenters. The van der Waals surface area contributed by atoms with Crippen LogP contribution >= 0.6 is 0 Å². The van der Waals surface area contributed by atoms with Crippen LogP contribution < -0.4 is 5.32 Å². The van der Waals surface area contributed by atoms with Crippen LogP contribution in [0.3, 0.4) is 0 Å². The number of hydrogen-bond acceptors (Lipinski definition) is 2. The van der Waals surface area contributed by atoms with Crippen LogP contribution in [0.1, 0.15) is 6.92 Å². The highest BCUT2D eigenvalue weighted by atomic mass is 16.5. The van der Waals surface area contributed by atoms with E-state index in [-0.39, 0.29) is 12.5 Å². The lowest BCUT2D eigenvalue weighted by atomic mass is 10.5. The van der Waals surface area contributed by atoms with Gasteiger partial charge in [0.15, 0.2) is 6.61 Å². The normalized spacial score (nSPS) is 18.6. The summed E-state index contributed by atoms with van der Waals surface area (Å²) in [6.45, 7) is 1.92. The molecule has 3 heteroatoms. The van der Waals surface area contributed by atoms with E-state index >= 15 is 0 Å². The minimum Gasteiger partial charge on any atom is -0.490 e. The number of amides is 1. The van der Waals surface area contributed by atoms with Crippen molar-refractivity contribution in [3.05, 3.63) is 12.0 Å². The average Bonchev–Trinajstić information content (AvgIpc) is 1.64. The van der Waals surface area contributed by atoms with Gasteiger partial charge in [0.05, 0.1) is 0 Å². The van der Waals surface area contributed by atoms with Gasteiger partial charge in [0.1, 0.15) is 6.26 Å². The number of ether oxygens (including phenoxy) is 1. The van der Waals surface area contributed by atoms with Crippen molar-refractivity contribution in [3.8, 4) is 0 Å². The van der Waals surface area contributed by atoms with Gasteiger partial charge in [0, 0.05) is 5.70 Å². The van der Waals surface area contributed by atoms with E-state index in [2.05, 4.69) is 5.32 Å². The summed E-state index contributed by atoms with van der Waals surface area (Å²) in [5.74, 6) is -0.0787. The third-order valence-corrected chi connectivity index (χ3v) is 0.811. The predicted molar refractivity (Wildman–Crippen MR) is 27.9 cm³/mol. The summed E-state index contributed by atoms with van der Waals surface area (Å²) in [6.07, 6.45) is 1.53. The Morgan fingerprint density at radius 3 is 3.00 bits per heavy atom. The van der Waals surface area contributed by atoms with Gasteiger partial charge in [-0.3, -0.25) is 4.79 Å². The lowest BCUT2D eigenvalue weighted by Gasteiger charge is -2.10. The Morgan fingerprint density at radius 1 is 1.88 bits per heavy atom. The van der Waals surface area contributed by atoms with Gasteiger partial charge in [-0.1, -0.05) is 0 Å². The summed E-state index contributed by atoms with van der Waals surface area (Å²) in [7, 11) is 0. The molecule has 44 valence electrons. The maximum Gasteiger partial charge on any atom is 0.262 e. The Labute approximate surface area is 47.3 Å². The van der Waals surface area contributed by atoms with E-state index in [1.165, 1.54) is 6.26 Å². The number of allylic oxidation sites excluding steroid dienone is 1. The Hall–Kier alpha value is -0.990. The Kier molecular flexibility index (Phi) is 1.20. The third kappa shape index (κ3) is 0.992. The fourth-order valence-corrected chi connectivity index (χ4v) is 0.528. The first-order valence-corrected chi connectivity index (χ1v) is 2.37. The minimum absolute atomic E-state index is 0.0787. The van der Waals surface area contributed by atoms with Crippen molar-refractivity contribution in [1.29, 1.82) is 0 Å². The second-order valence-electron chi connectivity index (χ2n) is 1.66. The van der Waals surface area contributed by atoms with E-state index in [1.54, 1.807) is 6.92 Å². The zero-order chi connectivity index (χ0) is 5.98. The highest BCUT2D eigenvalue weighted by Crippen LogP contribution is 1.93. The highest BCUT2D eigenvalue weighted by Gasteiger charge is 2.05. The molecule has 0 spiro atoms. The smallest absolute Gasteiger partial charge is 0.262 e. The fraction of sp³-hybridized carbons (Fsp3) is 0.400. The minimum atomic E-state index is -0.0787. The molecule has 1 aliphatic rings. The SMILES string of the molecule is CC1=COCC(=O)N1. The molecule has 8 heavy (non-hydrogen) atoms. The van der Waals surface area contributed by atoms with Crippen LogP contribution in [0.2, 0.25) is 0 Å². The van der Waals surface area contributed by atoms with Crippen LogP contribution in [-0.2, 0) is 9.53 Å². The van der Waals surface area contributed by atoms with Crippen molar-refractivity contribution in [2.24, 2.45) is 0 Å². The Bertz CT molecular complexity index is 139. The molecule has 0 radical (unpaired) electrons. The molecule has 1 rings (SSSR count). The van der Waals surface area contributed by atoms with Gasteiger partial charge in [-0.05, 0) is 6.92 Å². The Balaban J connectivity index is 2.57. The summed E-state index contributed by atoms with van der Waals surface area (Å²) in [6, 6.07) is 0. The summed E-state index contributed by atoms with van der Waals surface area (Å²) < 4.78 is 4.72. The molecule has 1 N–H and O–H groups in total. The van der Waals surface area contributed by atoms with E-state index < -0.39 is 0 Å². The zero-order valence-corrected chi connectivity index (χ0v) is 4.60. The molecule has 1 aliphatic heterocycles. The van der Waals surface area contributed by atoms with Crippen LogP contribution in [0.25, 0.3) is 0 Å². The van der Waals surface area contributed by atoms with Gasteiger partial charge >= 0.3 is 0 Å². The van der Waals surface area contributed by atoms with Crippen LogP contribution in [0, 0.1) is 0 Å². The molecular weight excluding hydrogens is 106 g/mol. The maximum absolute atomic E-state index is 10.4. The van der Waals surface area contributed by atoms with Crippen molar-refractivity contribution in [1.82, 2.24) is 5.32 Å². The van der Waals surface area contributed by atoms with Gasteiger partial charge in [0.2, 0.25) is 0 Å². The number of carbonyl (C=O) groups excluding carboxylic acids is 1. The Morgan fingerprint density at radius 2 is 2.62 bits per heavy atom. The maximum atomic E-state index is 10.4. The van der Waals surface area contributed by atoms with Crippen LogP contribution in [0.4, 0.5) is 0 Å². The van der Waals surface area contributed by atoms with E-state index in [9.17, 15) is 4.79 Å². The molecule has 0 fully saturated rings. The predicted octanol–water partition coefficient (Wildman–Crippen LogP) is -0.00590. The standard InChI is InChI=1S/C5H7NO2/c1-4-2-8-3-5(7)6-4/h2H,3H2,1H3,(H,6,7). The second-order valence-corrected chi connectivity index (χ2v) is 1.66. The molecular formula is C5H7NO2. The van der Waals surface area contributed by atoms with Crippen molar-refractivity contribution in [2.75, 3.05) is 6.61 Å². The molecule has 1 amide bonds. The first-order valence-electron chi connectivity index (χ1n) is 2.37. The summed E-state index contributed by atoms with van der Waals surface area (Å²) >= 11 is 0. The highest BCUT2D eigenvalue weighted by molar-refractivity contribution is 5.79. The van der Waals surface area contributed by atoms with E-state index in [4.69, 9.17) is 4.74 Å². The van der Waals surface area contributed by atoms with Gasteiger partial charge in [-0.2, -0.15) is 0 Å². The summed E-state index contributed by atoms with van der Waals surface area (Å²) in [5.41, 5.74) is 0.765. The number of carbonyl (C=O) groups is 1. The molecule has 1 heterocycles. The van der Waals surface area contributed by atoms with Crippen LogP contribution in [-0.4, -0.2) is 12.5 Å². The molecule has 0 aromatic carbocycles. The monoisotopic (exact) mass is 113 g/mol. The average molecular weight is 113 g/mol. The first kappa shape index (κ1) is 5.15. The molecule has 0 bridgehead atoms. The topological polar surface area (TPSA) is 38.3 Å². The fourth-order valence-electron chi connectivity index (χ4n) is 0.528. The van der Waals surface area contributed by atoms with Gasteiger partial charge in [-0.25, -0.2) is 0 Å². The van der Waals surface area contributed by atoms with Crippen molar-refractivity contribution in [3.63, 3.8) is 0 Å². The van der Waals surface area contributed by atoms with Crippen molar-refractivity contribution >= 4 is 5.91 Å². The number of hydrogen-bond donors (Lipinski definition) is 1. The molecule has 0 aliphatic carbocycles. The van der Waals surface area contributed by atoms with Gasteiger partial charge in [-0.15, -0.1) is 0 Å². The molecule has 0 aromatic rings. The molecule has 0 aromatic heterocycles. The quantitative estimate of drug-likeness (QED) is 0.480. The van der Waals surface area contributed by atoms with E-state index in [0.29, 0.717) is 0 Å². The molecule has 0 atom stereocenters. The second kappa shape index (κ2) is 1.86. The molecule has 3 nitrogen and oxygen atoms in total. The largest absolute Gasteiger partial charge is 0.490 e. The van der Waals surface area contributed by atoms with Crippen LogP contribution in [0.15, 0.2) is 12.0 Å². The lowest BCUT2D eigenvalue weighted by molar-refractivity contribution is -0.124. The van der Waals surface area contributed by atoms with Gasteiger partial charge < -0.3 is 10.1 Å². The number of nitrogens with one attached hydrogen (secondary N) is 1. The van der Waals surface area contributed by atoms with E-state index in [1.807, 2.05) is 0 Å². The van der Waals surface area contributed by atoms with Crippen molar-refractivity contribution in [2.45, 2.75) is 6.92 Å². The van der Waals surface area contributed by atoms with E-state index in [0.717, 1.165) is 5.70 Å². The summed E-state index contributed by atoms with van der Waals surface area (Å²) in [5, 5.41) is 2.58. The number of rotatable bonds is 0. The first-order chi connectivity index (χ1) is 3.79. The summed E-state index contributed by atoms with van der Waals surface area (Å²) in [4.78, 5) is 10.4. The third-order valence-electron chi connectivity index (χ3n) is 0.811. The molecule has 0 saturated heterocycles. The molecule has 0 saturated carbocycles. The van der Waals surface area contributed by atoms with Gasteiger partial charge in [0.25, 0.3) is 5.91 Å². The lowest BCUT2D eigenvalue weighted by Crippen LogP contribution is -2.28. The van der Waals surface area contributed by atoms with Crippen LogP contribution in [0.5, 0.6) is 0 Å². The zero-order valence-electron chi connectivity index (χ0n) is 4.60. The van der Waals surface area contributed by atoms with Crippen molar-refractivity contribution < 1.29 is 9.53 Å².